The fraction of sp³-hybridized carbons (Fsp3) is 0.368. The maximum absolute atomic E-state index is 10.3. The Morgan fingerprint density at radius 1 is 0.923 bits per heavy atom. The largest absolute Gasteiger partial charge is 0.504 e. The van der Waals surface area contributed by atoms with Gasteiger partial charge in [0.15, 0.2) is 23.0 Å². The first-order valence-electron chi connectivity index (χ1n) is 8.09. The van der Waals surface area contributed by atoms with Crippen molar-refractivity contribution in [1.29, 1.82) is 0 Å². The maximum atomic E-state index is 10.3. The van der Waals surface area contributed by atoms with Gasteiger partial charge in [0.25, 0.3) is 0 Å². The average Bonchev–Trinajstić information content (AvgIpc) is 2.66. The number of aromatic hydroxyl groups is 2. The van der Waals surface area contributed by atoms with E-state index in [1.54, 1.807) is 6.07 Å². The molecule has 1 atom stereocenters. The van der Waals surface area contributed by atoms with Crippen LogP contribution in [-0.4, -0.2) is 45.3 Å². The second kappa shape index (κ2) is 7.11. The van der Waals surface area contributed by atoms with E-state index >= 15 is 0 Å². The summed E-state index contributed by atoms with van der Waals surface area (Å²) >= 11 is 0. The number of methoxy groups -OCH3 is 4. The molecule has 2 aromatic rings. The molecule has 0 radical (unpaired) electrons. The lowest BCUT2D eigenvalue weighted by Gasteiger charge is -2.29. The highest BCUT2D eigenvalue weighted by Crippen LogP contribution is 2.50. The van der Waals surface area contributed by atoms with Crippen LogP contribution >= 0.6 is 0 Å². The number of rotatable bonds is 5. The summed E-state index contributed by atoms with van der Waals surface area (Å²) in [5, 5.41) is 20.4. The van der Waals surface area contributed by atoms with E-state index in [2.05, 4.69) is 0 Å². The van der Waals surface area contributed by atoms with Gasteiger partial charge < -0.3 is 33.9 Å². The van der Waals surface area contributed by atoms with Gasteiger partial charge in [-0.25, -0.2) is 0 Å². The van der Waals surface area contributed by atoms with Crippen LogP contribution in [0.5, 0.6) is 40.2 Å². The van der Waals surface area contributed by atoms with Crippen LogP contribution < -0.4 is 23.7 Å². The third-order valence-corrected chi connectivity index (χ3v) is 4.57. The van der Waals surface area contributed by atoms with Crippen molar-refractivity contribution in [3.63, 3.8) is 0 Å². The normalized spacial score (nSPS) is 15.6. The van der Waals surface area contributed by atoms with Gasteiger partial charge in [-0.3, -0.25) is 0 Å². The molecule has 3 rings (SSSR count). The predicted molar refractivity (Wildman–Crippen MR) is 94.4 cm³/mol. The molecule has 0 fully saturated rings. The summed E-state index contributed by atoms with van der Waals surface area (Å²) in [5.41, 5.74) is 1.58. The summed E-state index contributed by atoms with van der Waals surface area (Å²) in [4.78, 5) is 0. The van der Waals surface area contributed by atoms with Crippen LogP contribution in [-0.2, 0) is 6.42 Å². The molecule has 0 aliphatic carbocycles. The molecule has 0 saturated carbocycles. The molecule has 0 amide bonds. The third-order valence-electron chi connectivity index (χ3n) is 4.57. The number of phenolic OH excluding ortho intramolecular Hbond substituents is 2. The van der Waals surface area contributed by atoms with E-state index in [1.165, 1.54) is 34.5 Å². The van der Waals surface area contributed by atoms with Gasteiger partial charge in [-0.2, -0.15) is 0 Å². The molecule has 0 spiro atoms. The molecule has 0 bridgehead atoms. The first-order valence-corrected chi connectivity index (χ1v) is 8.09. The Balaban J connectivity index is 2.05. The van der Waals surface area contributed by atoms with Gasteiger partial charge in [0.1, 0.15) is 5.75 Å². The number of phenols is 2. The minimum Gasteiger partial charge on any atom is -0.504 e. The van der Waals surface area contributed by atoms with E-state index < -0.39 is 0 Å². The van der Waals surface area contributed by atoms with Crippen molar-refractivity contribution < 1.29 is 33.9 Å². The van der Waals surface area contributed by atoms with E-state index in [4.69, 9.17) is 23.7 Å². The van der Waals surface area contributed by atoms with E-state index in [9.17, 15) is 10.2 Å². The second-order valence-electron chi connectivity index (χ2n) is 5.89. The van der Waals surface area contributed by atoms with Gasteiger partial charge in [-0.05, 0) is 12.5 Å². The van der Waals surface area contributed by atoms with Crippen LogP contribution in [0.2, 0.25) is 0 Å². The minimum absolute atomic E-state index is 0.0405. The van der Waals surface area contributed by atoms with Crippen molar-refractivity contribution in [3.05, 3.63) is 29.3 Å². The highest BCUT2D eigenvalue weighted by atomic mass is 16.5. The lowest BCUT2D eigenvalue weighted by molar-refractivity contribution is 0.235. The monoisotopic (exact) mass is 362 g/mol. The van der Waals surface area contributed by atoms with Gasteiger partial charge in [0.2, 0.25) is 11.5 Å². The van der Waals surface area contributed by atoms with Crippen LogP contribution in [0, 0.1) is 0 Å². The van der Waals surface area contributed by atoms with Crippen LogP contribution in [0.4, 0.5) is 0 Å². The summed E-state index contributed by atoms with van der Waals surface area (Å²) in [7, 11) is 5.99. The summed E-state index contributed by atoms with van der Waals surface area (Å²) in [6.45, 7) is 0.331. The Kier molecular flexibility index (Phi) is 4.88. The SMILES string of the molecule is COc1ccc(C2COc3c(c(OC)cc(O)c3OC)C2)c(OC)c1O. The number of benzene rings is 2. The van der Waals surface area contributed by atoms with E-state index in [1.807, 2.05) is 6.07 Å². The maximum Gasteiger partial charge on any atom is 0.203 e. The van der Waals surface area contributed by atoms with Crippen LogP contribution in [0.15, 0.2) is 18.2 Å². The number of hydrogen-bond donors (Lipinski definition) is 2. The van der Waals surface area contributed by atoms with Crippen molar-refractivity contribution in [3.8, 4) is 40.2 Å². The Morgan fingerprint density at radius 2 is 1.62 bits per heavy atom. The molecular weight excluding hydrogens is 340 g/mol. The fourth-order valence-corrected chi connectivity index (χ4v) is 3.33. The summed E-state index contributed by atoms with van der Waals surface area (Å²) in [6.07, 6.45) is 0.567. The van der Waals surface area contributed by atoms with Gasteiger partial charge in [-0.1, -0.05) is 6.07 Å². The van der Waals surface area contributed by atoms with Crippen molar-refractivity contribution >= 4 is 0 Å². The third kappa shape index (κ3) is 2.79. The standard InChI is InChI=1S/C19H22O7/c1-22-14-6-5-11(17(24-3)16(14)21)10-7-12-15(23-2)8-13(20)19(25-4)18(12)26-9-10/h5-6,8,10,20-21H,7,9H2,1-4H3. The van der Waals surface area contributed by atoms with Crippen LogP contribution in [0.25, 0.3) is 0 Å². The second-order valence-corrected chi connectivity index (χ2v) is 5.89. The summed E-state index contributed by atoms with van der Waals surface area (Å²) < 4.78 is 27.1. The Hall–Kier alpha value is -2.96. The zero-order chi connectivity index (χ0) is 18.8. The molecule has 1 unspecified atom stereocenters. The Labute approximate surface area is 151 Å². The van der Waals surface area contributed by atoms with Gasteiger partial charge in [-0.15, -0.1) is 0 Å². The number of ether oxygens (including phenoxy) is 5. The molecule has 1 heterocycles. The first-order chi connectivity index (χ1) is 12.5. The topological polar surface area (TPSA) is 86.6 Å². The summed E-state index contributed by atoms with van der Waals surface area (Å²) in [6, 6.07) is 5.05. The molecule has 26 heavy (non-hydrogen) atoms. The molecule has 2 aromatic carbocycles. The molecule has 1 aliphatic heterocycles. The van der Waals surface area contributed by atoms with Crippen LogP contribution in [0.3, 0.4) is 0 Å². The molecular formula is C19H22O7. The van der Waals surface area contributed by atoms with Crippen molar-refractivity contribution in [1.82, 2.24) is 0 Å². The minimum atomic E-state index is -0.0857. The van der Waals surface area contributed by atoms with Crippen molar-refractivity contribution in [2.75, 3.05) is 35.0 Å². The fourth-order valence-electron chi connectivity index (χ4n) is 3.33. The van der Waals surface area contributed by atoms with Gasteiger partial charge >= 0.3 is 0 Å². The van der Waals surface area contributed by atoms with Crippen LogP contribution in [0.1, 0.15) is 17.0 Å². The molecule has 2 N–H and O–H groups in total. The average molecular weight is 362 g/mol. The number of hydrogen-bond acceptors (Lipinski definition) is 7. The zero-order valence-corrected chi connectivity index (χ0v) is 15.2. The van der Waals surface area contributed by atoms with Crippen molar-refractivity contribution in [2.24, 2.45) is 0 Å². The molecule has 7 nitrogen and oxygen atoms in total. The van der Waals surface area contributed by atoms with E-state index in [0.717, 1.165) is 11.1 Å². The van der Waals surface area contributed by atoms with Gasteiger partial charge in [0, 0.05) is 23.1 Å². The zero-order valence-electron chi connectivity index (χ0n) is 15.2. The molecule has 140 valence electrons. The van der Waals surface area contributed by atoms with Crippen molar-refractivity contribution in [2.45, 2.75) is 12.3 Å². The molecule has 7 heteroatoms. The lowest BCUT2D eigenvalue weighted by Crippen LogP contribution is -2.21. The predicted octanol–water partition coefficient (Wildman–Crippen LogP) is 2.85. The highest BCUT2D eigenvalue weighted by Gasteiger charge is 2.31. The van der Waals surface area contributed by atoms with Gasteiger partial charge in [0.05, 0.1) is 35.0 Å². The highest BCUT2D eigenvalue weighted by molar-refractivity contribution is 5.63. The smallest absolute Gasteiger partial charge is 0.203 e. The molecule has 0 saturated heterocycles. The van der Waals surface area contributed by atoms with E-state index in [-0.39, 0.29) is 23.2 Å². The Morgan fingerprint density at radius 3 is 2.23 bits per heavy atom. The first kappa shape index (κ1) is 17.8. The molecule has 0 aromatic heterocycles. The Bertz CT molecular complexity index is 816. The lowest BCUT2D eigenvalue weighted by atomic mass is 9.88. The summed E-state index contributed by atoms with van der Waals surface area (Å²) in [5.74, 6) is 1.78. The molecule has 1 aliphatic rings. The number of fused-ring (bicyclic) bond motifs is 1. The quantitative estimate of drug-likeness (QED) is 0.846. The van der Waals surface area contributed by atoms with E-state index in [0.29, 0.717) is 36.0 Å².